The van der Waals surface area contributed by atoms with Crippen molar-refractivity contribution in [2.24, 2.45) is 11.3 Å². The molecule has 3 unspecified atom stereocenters. The molecule has 5 heterocycles. The number of likely N-dealkylation sites (tertiary alicyclic amines) is 1. The minimum absolute atomic E-state index is 0.0152. The van der Waals surface area contributed by atoms with Gasteiger partial charge < -0.3 is 15.1 Å². The number of piperidine rings is 2. The molecule has 0 spiro atoms. The number of aromatic amines is 2. The first-order valence-corrected chi connectivity index (χ1v) is 16.7. The number of nitrogens with zero attached hydrogens (tertiary/aromatic N) is 4. The number of hydrogen-bond acceptors (Lipinski definition) is 7. The summed E-state index contributed by atoms with van der Waals surface area (Å²) in [6.45, 7) is 7.67. The summed E-state index contributed by atoms with van der Waals surface area (Å²) in [6, 6.07) is 8.20. The third-order valence-electron chi connectivity index (χ3n) is 10.1. The standard InChI is InChI=1S/C21H28FN3O2.C13H15F2N5O/c22-17-2-1-10-24(14-17)12-15-9-11-25(13-15)18-5-3-16(4-6-18)19-7-8-20(26)23-21(19)27;1-12(2)4-9-8(3-13(12,14)15)10(20-19-9)11(21)18-7-5-16-17-6-7/h3-6,15,17,19H,1-2,7-14H2,(H,23,26,27);5-6H,3-4H2,1-2H3,(H,16,17)(H,18,21)(H,19,20). The van der Waals surface area contributed by atoms with Gasteiger partial charge in [0.15, 0.2) is 5.69 Å². The smallest absolute Gasteiger partial charge is 0.276 e. The third-order valence-corrected chi connectivity index (χ3v) is 10.1. The second-order valence-electron chi connectivity index (χ2n) is 14.1. The summed E-state index contributed by atoms with van der Waals surface area (Å²) in [6.07, 6.45) is 5.75. The van der Waals surface area contributed by atoms with Gasteiger partial charge in [0.1, 0.15) is 6.17 Å². The van der Waals surface area contributed by atoms with E-state index in [2.05, 4.69) is 53.0 Å². The minimum atomic E-state index is -2.88. The lowest BCUT2D eigenvalue weighted by Gasteiger charge is -2.37. The number of rotatable bonds is 6. The van der Waals surface area contributed by atoms with Crippen molar-refractivity contribution in [2.45, 2.75) is 76.8 Å². The van der Waals surface area contributed by atoms with Crippen LogP contribution in [0.2, 0.25) is 0 Å². The maximum atomic E-state index is 14.2. The number of benzene rings is 1. The minimum Gasteiger partial charge on any atom is -0.371 e. The number of hydrogen-bond donors (Lipinski definition) is 4. The molecule has 3 amide bonds. The van der Waals surface area contributed by atoms with Crippen LogP contribution in [-0.4, -0.2) is 87.8 Å². The van der Waals surface area contributed by atoms with Crippen LogP contribution < -0.4 is 15.5 Å². The number of amides is 3. The van der Waals surface area contributed by atoms with Gasteiger partial charge in [-0.3, -0.25) is 29.9 Å². The summed E-state index contributed by atoms with van der Waals surface area (Å²) < 4.78 is 41.9. The molecule has 7 rings (SSSR count). The van der Waals surface area contributed by atoms with Crippen LogP contribution in [0.4, 0.5) is 24.5 Å². The molecule has 1 aromatic carbocycles. The Morgan fingerprint density at radius 1 is 1.06 bits per heavy atom. The van der Waals surface area contributed by atoms with Gasteiger partial charge in [0.05, 0.1) is 17.8 Å². The first-order chi connectivity index (χ1) is 22.9. The lowest BCUT2D eigenvalue weighted by atomic mass is 9.73. The van der Waals surface area contributed by atoms with E-state index in [0.717, 1.165) is 44.6 Å². The van der Waals surface area contributed by atoms with Gasteiger partial charge >= 0.3 is 0 Å². The van der Waals surface area contributed by atoms with Crippen LogP contribution in [0.3, 0.4) is 0 Å². The van der Waals surface area contributed by atoms with E-state index in [4.69, 9.17) is 0 Å². The quantitative estimate of drug-likeness (QED) is 0.282. The van der Waals surface area contributed by atoms with E-state index in [-0.39, 0.29) is 29.8 Å². The molecule has 0 bridgehead atoms. The number of aromatic nitrogens is 4. The molecule has 0 radical (unpaired) electrons. The van der Waals surface area contributed by atoms with Crippen molar-refractivity contribution < 1.29 is 27.6 Å². The van der Waals surface area contributed by atoms with Crippen molar-refractivity contribution >= 4 is 29.1 Å². The van der Waals surface area contributed by atoms with E-state index in [0.29, 0.717) is 48.7 Å². The van der Waals surface area contributed by atoms with E-state index >= 15 is 0 Å². The molecule has 258 valence electrons. The number of anilines is 2. The molecule has 1 aliphatic carbocycles. The molecule has 48 heavy (non-hydrogen) atoms. The largest absolute Gasteiger partial charge is 0.371 e. The zero-order chi connectivity index (χ0) is 34.1. The molecule has 2 aromatic heterocycles. The Hall–Kier alpha value is -4.20. The first kappa shape index (κ1) is 33.7. The highest BCUT2D eigenvalue weighted by Crippen LogP contribution is 2.46. The highest BCUT2D eigenvalue weighted by atomic mass is 19.3. The summed E-state index contributed by atoms with van der Waals surface area (Å²) in [7, 11) is 0. The molecule has 3 saturated heterocycles. The maximum Gasteiger partial charge on any atom is 0.276 e. The van der Waals surface area contributed by atoms with Gasteiger partial charge in [0.25, 0.3) is 11.8 Å². The fourth-order valence-electron chi connectivity index (χ4n) is 7.14. The van der Waals surface area contributed by atoms with Crippen molar-refractivity contribution in [2.75, 3.05) is 42.9 Å². The van der Waals surface area contributed by atoms with Crippen molar-refractivity contribution in [1.29, 1.82) is 0 Å². The highest BCUT2D eigenvalue weighted by Gasteiger charge is 2.51. The number of carbonyl (C=O) groups is 3. The molecule has 4 N–H and O–H groups in total. The predicted molar refractivity (Wildman–Crippen MR) is 174 cm³/mol. The Morgan fingerprint density at radius 2 is 1.85 bits per heavy atom. The molecular formula is C34H43F3N8O3. The zero-order valence-electron chi connectivity index (χ0n) is 27.3. The van der Waals surface area contributed by atoms with Crippen molar-refractivity contribution in [3.05, 3.63) is 59.2 Å². The number of H-pyrrole nitrogens is 2. The van der Waals surface area contributed by atoms with Gasteiger partial charge in [0.2, 0.25) is 11.8 Å². The summed E-state index contributed by atoms with van der Waals surface area (Å²) in [5.74, 6) is -3.41. The van der Waals surface area contributed by atoms with Crippen LogP contribution in [0.1, 0.15) is 79.2 Å². The number of carbonyl (C=O) groups excluding carboxylic acids is 3. The first-order valence-electron chi connectivity index (χ1n) is 16.7. The highest BCUT2D eigenvalue weighted by molar-refractivity contribution is 6.04. The topological polar surface area (TPSA) is 139 Å². The van der Waals surface area contributed by atoms with Crippen LogP contribution in [0.25, 0.3) is 0 Å². The summed E-state index contributed by atoms with van der Waals surface area (Å²) >= 11 is 0. The van der Waals surface area contributed by atoms with Gasteiger partial charge in [-0.25, -0.2) is 13.2 Å². The van der Waals surface area contributed by atoms with Crippen LogP contribution >= 0.6 is 0 Å². The van der Waals surface area contributed by atoms with E-state index in [1.165, 1.54) is 31.9 Å². The van der Waals surface area contributed by atoms with Crippen molar-refractivity contribution in [1.82, 2.24) is 30.6 Å². The molecule has 0 saturated carbocycles. The molecule has 4 aliphatic rings. The zero-order valence-corrected chi connectivity index (χ0v) is 27.3. The predicted octanol–water partition coefficient (Wildman–Crippen LogP) is 4.61. The maximum absolute atomic E-state index is 14.2. The number of fused-ring (bicyclic) bond motifs is 1. The second kappa shape index (κ2) is 13.7. The van der Waals surface area contributed by atoms with E-state index in [9.17, 15) is 27.6 Å². The summed E-state index contributed by atoms with van der Waals surface area (Å²) in [5, 5.41) is 17.9. The van der Waals surface area contributed by atoms with Crippen LogP contribution in [0.5, 0.6) is 0 Å². The van der Waals surface area contributed by atoms with Crippen LogP contribution in [-0.2, 0) is 22.4 Å². The average molecular weight is 669 g/mol. The van der Waals surface area contributed by atoms with Crippen LogP contribution in [0.15, 0.2) is 36.7 Å². The van der Waals surface area contributed by atoms with Gasteiger partial charge in [-0.05, 0) is 55.8 Å². The Morgan fingerprint density at radius 3 is 2.56 bits per heavy atom. The third kappa shape index (κ3) is 7.43. The van der Waals surface area contributed by atoms with Gasteiger partial charge in [-0.1, -0.05) is 26.0 Å². The number of nitrogens with one attached hydrogen (secondary N) is 4. The molecular weight excluding hydrogens is 625 g/mol. The number of halogens is 3. The van der Waals surface area contributed by atoms with E-state index < -0.39 is 29.8 Å². The molecule has 3 atom stereocenters. The molecule has 11 nitrogen and oxygen atoms in total. The second-order valence-corrected chi connectivity index (χ2v) is 14.1. The number of alkyl halides is 3. The normalized spacial score (nSPS) is 25.1. The molecule has 3 fully saturated rings. The molecule has 3 aromatic rings. The average Bonchev–Trinajstić information content (AvgIpc) is 3.80. The SMILES string of the molecule is CC1(C)Cc2[nH]nc(C(=O)Nc3cn[nH]c3)c2CC1(F)F.O=C1CCC(c2ccc(N3CCC(CN4CCCC(F)C4)C3)cc2)C(=O)N1. The Balaban J connectivity index is 0.000000173. The Kier molecular flexibility index (Phi) is 9.64. The van der Waals surface area contributed by atoms with Gasteiger partial charge in [-0.2, -0.15) is 10.2 Å². The Labute approximate surface area is 277 Å². The van der Waals surface area contributed by atoms with Crippen molar-refractivity contribution in [3.8, 4) is 0 Å². The Bertz CT molecular complexity index is 1610. The van der Waals surface area contributed by atoms with Gasteiger partial charge in [-0.15, -0.1) is 0 Å². The van der Waals surface area contributed by atoms with Gasteiger partial charge in [0, 0.05) is 74.0 Å². The van der Waals surface area contributed by atoms with E-state index in [1.807, 2.05) is 12.1 Å². The van der Waals surface area contributed by atoms with Crippen molar-refractivity contribution in [3.63, 3.8) is 0 Å². The lowest BCUT2D eigenvalue weighted by molar-refractivity contribution is -0.134. The fourth-order valence-corrected chi connectivity index (χ4v) is 7.14. The fraction of sp³-hybridized carbons (Fsp3) is 0.559. The lowest BCUT2D eigenvalue weighted by Crippen LogP contribution is -2.44. The molecule has 14 heteroatoms. The monoisotopic (exact) mass is 668 g/mol. The summed E-state index contributed by atoms with van der Waals surface area (Å²) in [4.78, 5) is 40.1. The van der Waals surface area contributed by atoms with E-state index in [1.54, 1.807) is 0 Å². The van der Waals surface area contributed by atoms with Crippen LogP contribution in [0, 0.1) is 11.3 Å². The summed E-state index contributed by atoms with van der Waals surface area (Å²) in [5.41, 5.74) is 2.35. The molecule has 3 aliphatic heterocycles. The number of imide groups is 1.